The number of hydrogen-bond donors (Lipinski definition) is 1. The van der Waals surface area contributed by atoms with Gasteiger partial charge in [-0.15, -0.1) is 0 Å². The summed E-state index contributed by atoms with van der Waals surface area (Å²) < 4.78 is 9.96. The van der Waals surface area contributed by atoms with E-state index in [0.29, 0.717) is 29.4 Å². The lowest BCUT2D eigenvalue weighted by Crippen LogP contribution is -2.16. The highest BCUT2D eigenvalue weighted by Gasteiger charge is 2.07. The van der Waals surface area contributed by atoms with E-state index >= 15 is 0 Å². The maximum absolute atomic E-state index is 5.94. The van der Waals surface area contributed by atoms with Crippen LogP contribution in [0.5, 0.6) is 6.01 Å². The molecule has 90 valence electrons. The molecule has 0 aliphatic heterocycles. The first kappa shape index (κ1) is 13.0. The van der Waals surface area contributed by atoms with Crippen molar-refractivity contribution in [3.8, 4) is 6.01 Å². The Kier molecular flexibility index (Phi) is 5.28. The summed E-state index contributed by atoms with van der Waals surface area (Å²) in [5.74, 6) is 0.957. The molecule has 0 bridgehead atoms. The van der Waals surface area contributed by atoms with Gasteiger partial charge in [-0.25, -0.2) is 4.98 Å². The van der Waals surface area contributed by atoms with Crippen LogP contribution < -0.4 is 10.1 Å². The third-order valence-electron chi connectivity index (χ3n) is 1.97. The lowest BCUT2D eigenvalue weighted by atomic mass is 10.2. The SMILES string of the molecule is COCC(C)CNc1nc(OC)ncc1Cl. The van der Waals surface area contributed by atoms with E-state index < -0.39 is 0 Å². The van der Waals surface area contributed by atoms with E-state index in [9.17, 15) is 0 Å². The molecule has 1 unspecified atom stereocenters. The van der Waals surface area contributed by atoms with Crippen LogP contribution in [0.4, 0.5) is 5.82 Å². The van der Waals surface area contributed by atoms with Gasteiger partial charge in [0.05, 0.1) is 19.9 Å². The number of nitrogens with zero attached hydrogens (tertiary/aromatic N) is 2. The van der Waals surface area contributed by atoms with Crippen LogP contribution in [-0.4, -0.2) is 37.3 Å². The normalized spacial score (nSPS) is 12.2. The summed E-state index contributed by atoms with van der Waals surface area (Å²) in [5, 5.41) is 3.61. The van der Waals surface area contributed by atoms with Crippen molar-refractivity contribution in [1.82, 2.24) is 9.97 Å². The highest BCUT2D eigenvalue weighted by Crippen LogP contribution is 2.20. The van der Waals surface area contributed by atoms with Gasteiger partial charge in [0.1, 0.15) is 5.02 Å². The lowest BCUT2D eigenvalue weighted by molar-refractivity contribution is 0.164. The zero-order chi connectivity index (χ0) is 12.0. The van der Waals surface area contributed by atoms with Crippen LogP contribution in [0.1, 0.15) is 6.92 Å². The van der Waals surface area contributed by atoms with Gasteiger partial charge >= 0.3 is 6.01 Å². The minimum Gasteiger partial charge on any atom is -0.467 e. The molecule has 0 aliphatic rings. The maximum Gasteiger partial charge on any atom is 0.318 e. The third-order valence-corrected chi connectivity index (χ3v) is 2.25. The monoisotopic (exact) mass is 245 g/mol. The summed E-state index contributed by atoms with van der Waals surface area (Å²) in [6, 6.07) is 0.297. The summed E-state index contributed by atoms with van der Waals surface area (Å²) >= 11 is 5.94. The molecule has 1 atom stereocenters. The van der Waals surface area contributed by atoms with Crippen LogP contribution in [-0.2, 0) is 4.74 Å². The van der Waals surface area contributed by atoms with Gasteiger partial charge in [0.2, 0.25) is 0 Å². The number of halogens is 1. The first-order valence-corrected chi connectivity index (χ1v) is 5.34. The zero-order valence-corrected chi connectivity index (χ0v) is 10.4. The van der Waals surface area contributed by atoms with Crippen LogP contribution in [0.2, 0.25) is 5.02 Å². The summed E-state index contributed by atoms with van der Waals surface area (Å²) in [6.07, 6.45) is 1.51. The Morgan fingerprint density at radius 1 is 1.50 bits per heavy atom. The number of aromatic nitrogens is 2. The molecule has 1 aromatic heterocycles. The van der Waals surface area contributed by atoms with Gasteiger partial charge in [-0.2, -0.15) is 4.98 Å². The summed E-state index contributed by atoms with van der Waals surface area (Å²) in [6.45, 7) is 3.49. The molecule has 0 radical (unpaired) electrons. The lowest BCUT2D eigenvalue weighted by Gasteiger charge is -2.12. The van der Waals surface area contributed by atoms with E-state index in [-0.39, 0.29) is 0 Å². The largest absolute Gasteiger partial charge is 0.467 e. The molecule has 0 aromatic carbocycles. The molecule has 0 saturated heterocycles. The van der Waals surface area contributed by atoms with Crippen LogP contribution in [0.3, 0.4) is 0 Å². The van der Waals surface area contributed by atoms with Gasteiger partial charge in [0, 0.05) is 13.7 Å². The number of ether oxygens (including phenoxy) is 2. The highest BCUT2D eigenvalue weighted by atomic mass is 35.5. The van der Waals surface area contributed by atoms with Gasteiger partial charge in [-0.1, -0.05) is 18.5 Å². The molecule has 6 heteroatoms. The molecular weight excluding hydrogens is 230 g/mol. The van der Waals surface area contributed by atoms with E-state index in [2.05, 4.69) is 22.2 Å². The minimum atomic E-state index is 0.297. The average Bonchev–Trinajstić information content (AvgIpc) is 2.28. The maximum atomic E-state index is 5.94. The van der Waals surface area contributed by atoms with Crippen LogP contribution >= 0.6 is 11.6 Å². The Morgan fingerprint density at radius 3 is 2.88 bits per heavy atom. The molecule has 1 rings (SSSR count). The van der Waals surface area contributed by atoms with Crippen molar-refractivity contribution in [2.24, 2.45) is 5.92 Å². The predicted octanol–water partition coefficient (Wildman–Crippen LogP) is 1.83. The number of anilines is 1. The zero-order valence-electron chi connectivity index (χ0n) is 9.66. The van der Waals surface area contributed by atoms with Gasteiger partial charge in [-0.05, 0) is 5.92 Å². The second-order valence-electron chi connectivity index (χ2n) is 3.49. The topological polar surface area (TPSA) is 56.3 Å². The van der Waals surface area contributed by atoms with Crippen molar-refractivity contribution in [2.75, 3.05) is 32.7 Å². The second kappa shape index (κ2) is 6.50. The number of nitrogens with one attached hydrogen (secondary N) is 1. The molecule has 1 aromatic rings. The molecule has 0 fully saturated rings. The van der Waals surface area contributed by atoms with E-state index in [4.69, 9.17) is 21.1 Å². The van der Waals surface area contributed by atoms with E-state index in [1.807, 2.05) is 0 Å². The van der Waals surface area contributed by atoms with Gasteiger partial charge < -0.3 is 14.8 Å². The van der Waals surface area contributed by atoms with Crippen molar-refractivity contribution in [3.63, 3.8) is 0 Å². The number of methoxy groups -OCH3 is 2. The standard InChI is InChI=1S/C10H16ClN3O2/c1-7(6-15-2)4-12-9-8(11)5-13-10(14-9)16-3/h5,7H,4,6H2,1-3H3,(H,12,13,14). The predicted molar refractivity (Wildman–Crippen MR) is 63.1 cm³/mol. The van der Waals surface area contributed by atoms with Gasteiger partial charge in [0.25, 0.3) is 0 Å². The summed E-state index contributed by atoms with van der Waals surface area (Å²) in [4.78, 5) is 8.00. The highest BCUT2D eigenvalue weighted by molar-refractivity contribution is 6.32. The van der Waals surface area contributed by atoms with E-state index in [1.165, 1.54) is 13.3 Å². The molecule has 16 heavy (non-hydrogen) atoms. The third kappa shape index (κ3) is 3.83. The first-order chi connectivity index (χ1) is 7.67. The Balaban J connectivity index is 2.58. The Hall–Kier alpha value is -1.07. The average molecular weight is 246 g/mol. The van der Waals surface area contributed by atoms with Crippen molar-refractivity contribution in [3.05, 3.63) is 11.2 Å². The second-order valence-corrected chi connectivity index (χ2v) is 3.90. The first-order valence-electron chi connectivity index (χ1n) is 4.96. The fraction of sp³-hybridized carbons (Fsp3) is 0.600. The van der Waals surface area contributed by atoms with Crippen LogP contribution in [0.15, 0.2) is 6.20 Å². The molecule has 0 aliphatic carbocycles. The number of hydrogen-bond acceptors (Lipinski definition) is 5. The van der Waals surface area contributed by atoms with Gasteiger partial charge in [0.15, 0.2) is 5.82 Å². The minimum absolute atomic E-state index is 0.297. The summed E-state index contributed by atoms with van der Waals surface area (Å²) in [7, 11) is 3.19. The molecule has 0 saturated carbocycles. The van der Waals surface area contributed by atoms with E-state index in [1.54, 1.807) is 7.11 Å². The Labute approximate surface area is 100 Å². The fourth-order valence-corrected chi connectivity index (χ4v) is 1.35. The van der Waals surface area contributed by atoms with Gasteiger partial charge in [-0.3, -0.25) is 0 Å². The van der Waals surface area contributed by atoms with Crippen molar-refractivity contribution >= 4 is 17.4 Å². The Morgan fingerprint density at radius 2 is 2.25 bits per heavy atom. The van der Waals surface area contributed by atoms with Crippen LogP contribution in [0, 0.1) is 5.92 Å². The Bertz CT molecular complexity index is 336. The molecule has 0 amide bonds. The number of rotatable bonds is 6. The fourth-order valence-electron chi connectivity index (χ4n) is 1.19. The molecule has 1 N–H and O–H groups in total. The quantitative estimate of drug-likeness (QED) is 0.829. The van der Waals surface area contributed by atoms with Crippen molar-refractivity contribution < 1.29 is 9.47 Å². The smallest absolute Gasteiger partial charge is 0.318 e. The molecule has 1 heterocycles. The molecular formula is C10H16ClN3O2. The van der Waals surface area contributed by atoms with Crippen LogP contribution in [0.25, 0.3) is 0 Å². The summed E-state index contributed by atoms with van der Waals surface area (Å²) in [5.41, 5.74) is 0. The van der Waals surface area contributed by atoms with E-state index in [0.717, 1.165) is 6.54 Å². The molecule has 5 nitrogen and oxygen atoms in total. The van der Waals surface area contributed by atoms with Crippen molar-refractivity contribution in [2.45, 2.75) is 6.92 Å². The molecule has 0 spiro atoms. The van der Waals surface area contributed by atoms with Crippen molar-refractivity contribution in [1.29, 1.82) is 0 Å².